The molecule has 1 aromatic rings. The van der Waals surface area contributed by atoms with Gasteiger partial charge in [0.15, 0.2) is 0 Å². The van der Waals surface area contributed by atoms with Gasteiger partial charge in [0.1, 0.15) is 5.75 Å². The molecule has 2 rings (SSSR count). The molecule has 1 atom stereocenters. The maximum absolute atomic E-state index is 9.89. The fourth-order valence-electron chi connectivity index (χ4n) is 3.27. The van der Waals surface area contributed by atoms with E-state index in [1.165, 1.54) is 5.57 Å². The highest BCUT2D eigenvalue weighted by atomic mass is 16.5. The SMILES string of the molecule is C=C(CC)C1=CCB(O)OC1CC/C(C)=C/c1cc(C)c(O)c(C)c1. The van der Waals surface area contributed by atoms with E-state index in [9.17, 15) is 10.1 Å². The quantitative estimate of drug-likeness (QED) is 0.719. The van der Waals surface area contributed by atoms with Crippen LogP contribution < -0.4 is 0 Å². The van der Waals surface area contributed by atoms with E-state index in [-0.39, 0.29) is 6.10 Å². The first-order valence-corrected chi connectivity index (χ1v) is 9.01. The van der Waals surface area contributed by atoms with Crippen molar-refractivity contribution < 1.29 is 14.8 Å². The van der Waals surface area contributed by atoms with Crippen LogP contribution in [0.2, 0.25) is 6.32 Å². The van der Waals surface area contributed by atoms with Crippen molar-refractivity contribution in [1.82, 2.24) is 0 Å². The van der Waals surface area contributed by atoms with Crippen molar-refractivity contribution in [3.63, 3.8) is 0 Å². The summed E-state index contributed by atoms with van der Waals surface area (Å²) in [6.45, 7) is 12.2. The summed E-state index contributed by atoms with van der Waals surface area (Å²) in [5, 5.41) is 19.7. The second-order valence-corrected chi connectivity index (χ2v) is 6.96. The summed E-state index contributed by atoms with van der Waals surface area (Å²) in [5.41, 5.74) is 6.35. The van der Waals surface area contributed by atoms with Crippen molar-refractivity contribution >= 4 is 13.2 Å². The topological polar surface area (TPSA) is 49.7 Å². The molecule has 0 saturated carbocycles. The lowest BCUT2D eigenvalue weighted by molar-refractivity contribution is 0.183. The van der Waals surface area contributed by atoms with Gasteiger partial charge in [-0.3, -0.25) is 0 Å². The summed E-state index contributed by atoms with van der Waals surface area (Å²) >= 11 is 0. The van der Waals surface area contributed by atoms with Gasteiger partial charge in [0, 0.05) is 6.32 Å². The van der Waals surface area contributed by atoms with Gasteiger partial charge in [-0.2, -0.15) is 0 Å². The third kappa shape index (κ3) is 5.10. The first-order chi connectivity index (χ1) is 11.8. The van der Waals surface area contributed by atoms with Gasteiger partial charge in [0.05, 0.1) is 6.10 Å². The van der Waals surface area contributed by atoms with Crippen LogP contribution >= 0.6 is 0 Å². The maximum atomic E-state index is 9.89. The van der Waals surface area contributed by atoms with Gasteiger partial charge < -0.3 is 14.8 Å². The summed E-state index contributed by atoms with van der Waals surface area (Å²) in [6, 6.07) is 3.99. The van der Waals surface area contributed by atoms with Gasteiger partial charge >= 0.3 is 7.12 Å². The molecule has 0 radical (unpaired) electrons. The van der Waals surface area contributed by atoms with Crippen molar-refractivity contribution in [2.45, 2.75) is 59.4 Å². The van der Waals surface area contributed by atoms with Gasteiger partial charge in [0.25, 0.3) is 0 Å². The molecule has 0 bridgehead atoms. The Bertz CT molecular complexity index is 680. The Balaban J connectivity index is 2.07. The van der Waals surface area contributed by atoms with Gasteiger partial charge in [0.2, 0.25) is 0 Å². The minimum Gasteiger partial charge on any atom is -0.507 e. The highest BCUT2D eigenvalue weighted by Crippen LogP contribution is 2.29. The van der Waals surface area contributed by atoms with E-state index < -0.39 is 7.12 Å². The Hall–Kier alpha value is -1.78. The van der Waals surface area contributed by atoms with E-state index in [4.69, 9.17) is 4.65 Å². The molecule has 0 aromatic heterocycles. The molecule has 1 aliphatic rings. The largest absolute Gasteiger partial charge is 0.507 e. The average Bonchev–Trinajstić information content (AvgIpc) is 2.57. The number of hydrogen-bond acceptors (Lipinski definition) is 3. The highest BCUT2D eigenvalue weighted by molar-refractivity contribution is 6.43. The summed E-state index contributed by atoms with van der Waals surface area (Å²) in [5.74, 6) is 0.368. The van der Waals surface area contributed by atoms with Crippen molar-refractivity contribution in [3.05, 3.63) is 58.2 Å². The summed E-state index contributed by atoms with van der Waals surface area (Å²) in [4.78, 5) is 0. The molecule has 134 valence electrons. The first kappa shape index (κ1) is 19.5. The van der Waals surface area contributed by atoms with Crippen molar-refractivity contribution in [2.75, 3.05) is 0 Å². The van der Waals surface area contributed by atoms with Gasteiger partial charge in [-0.1, -0.05) is 36.8 Å². The van der Waals surface area contributed by atoms with Crippen LogP contribution in [0.3, 0.4) is 0 Å². The van der Waals surface area contributed by atoms with Crippen LogP contribution in [0.5, 0.6) is 5.75 Å². The van der Waals surface area contributed by atoms with Crippen LogP contribution in [-0.2, 0) is 4.65 Å². The predicted molar refractivity (Wildman–Crippen MR) is 106 cm³/mol. The predicted octanol–water partition coefficient (Wildman–Crippen LogP) is 4.96. The molecule has 3 nitrogen and oxygen atoms in total. The number of allylic oxidation sites excluding steroid dienone is 2. The zero-order valence-corrected chi connectivity index (χ0v) is 15.8. The van der Waals surface area contributed by atoms with Crippen LogP contribution in [0.1, 0.15) is 49.8 Å². The Morgan fingerprint density at radius 3 is 2.60 bits per heavy atom. The fraction of sp³-hybridized carbons (Fsp3) is 0.429. The zero-order chi connectivity index (χ0) is 18.6. The molecular weight excluding hydrogens is 311 g/mol. The smallest absolute Gasteiger partial charge is 0.458 e. The molecule has 0 fully saturated rings. The number of aromatic hydroxyl groups is 1. The molecule has 1 unspecified atom stereocenters. The number of aryl methyl sites for hydroxylation is 2. The Morgan fingerprint density at radius 1 is 1.36 bits per heavy atom. The molecule has 0 spiro atoms. The van der Waals surface area contributed by atoms with Gasteiger partial charge in [-0.25, -0.2) is 0 Å². The summed E-state index contributed by atoms with van der Waals surface area (Å²) in [7, 11) is -0.718. The molecule has 0 saturated heterocycles. The van der Waals surface area contributed by atoms with Crippen LogP contribution in [-0.4, -0.2) is 23.4 Å². The third-order valence-electron chi connectivity index (χ3n) is 4.77. The molecule has 0 amide bonds. The molecule has 4 heteroatoms. The minimum atomic E-state index is -0.718. The van der Waals surface area contributed by atoms with E-state index in [0.717, 1.165) is 47.1 Å². The monoisotopic (exact) mass is 340 g/mol. The normalized spacial score (nSPS) is 18.3. The average molecular weight is 340 g/mol. The van der Waals surface area contributed by atoms with Gasteiger partial charge in [-0.15, -0.1) is 0 Å². The van der Waals surface area contributed by atoms with E-state index >= 15 is 0 Å². The molecule has 0 aliphatic carbocycles. The zero-order valence-electron chi connectivity index (χ0n) is 15.8. The second-order valence-electron chi connectivity index (χ2n) is 6.96. The van der Waals surface area contributed by atoms with Crippen LogP contribution in [0.4, 0.5) is 0 Å². The van der Waals surface area contributed by atoms with E-state index in [1.54, 1.807) is 0 Å². The molecule has 1 aliphatic heterocycles. The number of phenolic OH excluding ortho intramolecular Hbond substituents is 1. The molecular formula is C21H29BO3. The molecule has 25 heavy (non-hydrogen) atoms. The minimum absolute atomic E-state index is 0.0946. The lowest BCUT2D eigenvalue weighted by Gasteiger charge is -2.28. The highest BCUT2D eigenvalue weighted by Gasteiger charge is 2.27. The second kappa shape index (κ2) is 8.55. The number of rotatable bonds is 6. The van der Waals surface area contributed by atoms with E-state index in [0.29, 0.717) is 12.1 Å². The Morgan fingerprint density at radius 2 is 2.00 bits per heavy atom. The Labute approximate surface area is 151 Å². The molecule has 1 aromatic carbocycles. The molecule has 1 heterocycles. The maximum Gasteiger partial charge on any atom is 0.458 e. The van der Waals surface area contributed by atoms with E-state index in [2.05, 4.69) is 32.6 Å². The molecule has 2 N–H and O–H groups in total. The lowest BCUT2D eigenvalue weighted by Crippen LogP contribution is -2.31. The summed E-state index contributed by atoms with van der Waals surface area (Å²) < 4.78 is 5.74. The third-order valence-corrected chi connectivity index (χ3v) is 4.77. The van der Waals surface area contributed by atoms with Crippen molar-refractivity contribution in [3.8, 4) is 5.75 Å². The first-order valence-electron chi connectivity index (χ1n) is 9.01. The Kier molecular flexibility index (Phi) is 6.68. The van der Waals surface area contributed by atoms with E-state index in [1.807, 2.05) is 26.0 Å². The van der Waals surface area contributed by atoms with Crippen LogP contribution in [0, 0.1) is 13.8 Å². The van der Waals surface area contributed by atoms with Crippen molar-refractivity contribution in [2.24, 2.45) is 0 Å². The van der Waals surface area contributed by atoms with Gasteiger partial charge in [-0.05, 0) is 74.4 Å². The van der Waals surface area contributed by atoms with Crippen LogP contribution in [0.25, 0.3) is 6.08 Å². The van der Waals surface area contributed by atoms with Crippen LogP contribution in [0.15, 0.2) is 41.5 Å². The lowest BCUT2D eigenvalue weighted by atomic mass is 9.77. The van der Waals surface area contributed by atoms with Crippen molar-refractivity contribution in [1.29, 1.82) is 0 Å². The number of benzene rings is 1. The standard InChI is InChI=1S/C21H29BO3/c1-6-15(3)19-9-10-22(24)25-20(19)8-7-14(2)11-18-12-16(4)21(23)17(5)13-18/h9,11-13,20,23-24H,3,6-8,10H2,1-2,4-5H3/b14-11+. The number of hydrogen-bond donors (Lipinski definition) is 2. The fourth-order valence-corrected chi connectivity index (χ4v) is 3.27. The summed E-state index contributed by atoms with van der Waals surface area (Å²) in [6.07, 6.45) is 7.25. The number of phenols is 1.